The average molecular weight is 481 g/mol. The molecular formula is C20H19BrClN3O2S. The number of hydrogen-bond donors (Lipinski definition) is 2. The summed E-state index contributed by atoms with van der Waals surface area (Å²) in [7, 11) is 0. The van der Waals surface area contributed by atoms with Gasteiger partial charge in [0.1, 0.15) is 17.4 Å². The van der Waals surface area contributed by atoms with Crippen LogP contribution in [0.3, 0.4) is 0 Å². The number of rotatable bonds is 1. The highest BCUT2D eigenvalue weighted by Gasteiger charge is 2.57. The summed E-state index contributed by atoms with van der Waals surface area (Å²) in [6, 6.07) is 7.85. The number of halogens is 2. The lowest BCUT2D eigenvalue weighted by atomic mass is 9.63. The molecule has 5 nitrogen and oxygen atoms in total. The van der Waals surface area contributed by atoms with E-state index in [4.69, 9.17) is 27.1 Å². The molecule has 1 saturated carbocycles. The van der Waals surface area contributed by atoms with Crippen LogP contribution in [-0.4, -0.2) is 27.1 Å². The number of pyridine rings is 1. The maximum Gasteiger partial charge on any atom is 0.154 e. The van der Waals surface area contributed by atoms with Crippen molar-refractivity contribution in [2.24, 2.45) is 16.6 Å². The molecule has 0 bridgehead atoms. The fourth-order valence-electron chi connectivity index (χ4n) is 4.80. The second-order valence-corrected chi connectivity index (χ2v) is 10.1. The van der Waals surface area contributed by atoms with Crippen LogP contribution < -0.4 is 10.5 Å². The van der Waals surface area contributed by atoms with Gasteiger partial charge in [-0.2, -0.15) is 0 Å². The topological polar surface area (TPSA) is 80.7 Å². The van der Waals surface area contributed by atoms with Gasteiger partial charge in [0.25, 0.3) is 0 Å². The lowest BCUT2D eigenvalue weighted by Gasteiger charge is -2.51. The van der Waals surface area contributed by atoms with Crippen LogP contribution in [0, 0.1) is 5.92 Å². The maximum absolute atomic E-state index is 11.6. The third kappa shape index (κ3) is 2.86. The van der Waals surface area contributed by atoms with Crippen LogP contribution >= 0.6 is 39.3 Å². The summed E-state index contributed by atoms with van der Waals surface area (Å²) >= 11 is 11.3. The second-order valence-electron chi connectivity index (χ2n) is 7.73. The Kier molecular flexibility index (Phi) is 4.43. The molecule has 3 N–H and O–H groups in total. The van der Waals surface area contributed by atoms with E-state index in [0.29, 0.717) is 23.0 Å². The molecule has 3 unspecified atom stereocenters. The summed E-state index contributed by atoms with van der Waals surface area (Å²) in [5, 5.41) is 12.7. The fraction of sp³-hybridized carbons (Fsp3) is 0.400. The summed E-state index contributed by atoms with van der Waals surface area (Å²) in [4.78, 5) is 9.10. The molecular weight excluding hydrogens is 462 g/mol. The summed E-state index contributed by atoms with van der Waals surface area (Å²) < 4.78 is 7.35. The Morgan fingerprint density at radius 1 is 1.32 bits per heavy atom. The molecule has 1 aliphatic carbocycles. The smallest absolute Gasteiger partial charge is 0.154 e. The lowest BCUT2D eigenvalue weighted by Crippen LogP contribution is -2.54. The van der Waals surface area contributed by atoms with Crippen LogP contribution in [0.25, 0.3) is 0 Å². The molecule has 8 heteroatoms. The Balaban J connectivity index is 1.62. The van der Waals surface area contributed by atoms with Crippen molar-refractivity contribution in [1.29, 1.82) is 0 Å². The second kappa shape index (κ2) is 6.62. The first kappa shape index (κ1) is 18.7. The number of amidine groups is 1. The van der Waals surface area contributed by atoms with E-state index >= 15 is 0 Å². The molecule has 146 valence electrons. The van der Waals surface area contributed by atoms with Gasteiger partial charge in [-0.15, -0.1) is 0 Å². The van der Waals surface area contributed by atoms with E-state index in [0.717, 1.165) is 33.5 Å². The third-order valence-corrected chi connectivity index (χ3v) is 7.81. The van der Waals surface area contributed by atoms with Crippen molar-refractivity contribution >= 4 is 44.5 Å². The SMILES string of the molecule is NC1=N[C@]2(CS1)c1cc(Br)ccc1OC1CCC(O)(c3cncc(Cl)c3)CC12. The largest absolute Gasteiger partial charge is 0.490 e. The zero-order valence-electron chi connectivity index (χ0n) is 14.9. The molecule has 0 radical (unpaired) electrons. The van der Waals surface area contributed by atoms with Gasteiger partial charge in [-0.25, -0.2) is 4.99 Å². The molecule has 2 aliphatic heterocycles. The van der Waals surface area contributed by atoms with Gasteiger partial charge in [0, 0.05) is 39.7 Å². The molecule has 1 spiro atoms. The number of ether oxygens (including phenoxy) is 1. The minimum atomic E-state index is -1.02. The summed E-state index contributed by atoms with van der Waals surface area (Å²) in [6.07, 6.45) is 5.10. The molecule has 0 amide bonds. The molecule has 3 aliphatic rings. The first-order chi connectivity index (χ1) is 13.4. The van der Waals surface area contributed by atoms with Gasteiger partial charge in [-0.1, -0.05) is 39.3 Å². The number of aliphatic imine (C=N–C) groups is 1. The maximum atomic E-state index is 11.6. The van der Waals surface area contributed by atoms with Crippen molar-refractivity contribution in [3.05, 3.63) is 57.3 Å². The number of thioether (sulfide) groups is 1. The number of fused-ring (bicyclic) bond motifs is 4. The molecule has 28 heavy (non-hydrogen) atoms. The zero-order valence-corrected chi connectivity index (χ0v) is 18.1. The van der Waals surface area contributed by atoms with Crippen LogP contribution in [0.5, 0.6) is 5.75 Å². The predicted molar refractivity (Wildman–Crippen MR) is 115 cm³/mol. The number of aromatic nitrogens is 1. The van der Waals surface area contributed by atoms with Crippen molar-refractivity contribution in [2.75, 3.05) is 5.75 Å². The first-order valence-corrected chi connectivity index (χ1v) is 11.3. The summed E-state index contributed by atoms with van der Waals surface area (Å²) in [5.41, 5.74) is 6.38. The van der Waals surface area contributed by atoms with Gasteiger partial charge in [-0.3, -0.25) is 4.98 Å². The normalized spacial score (nSPS) is 33.8. The van der Waals surface area contributed by atoms with Gasteiger partial charge < -0.3 is 15.6 Å². The van der Waals surface area contributed by atoms with Crippen LogP contribution in [0.15, 0.2) is 46.1 Å². The van der Waals surface area contributed by atoms with E-state index in [2.05, 4.69) is 27.0 Å². The number of nitrogens with two attached hydrogens (primary N) is 1. The molecule has 1 aromatic heterocycles. The van der Waals surface area contributed by atoms with Crippen LogP contribution in [0.4, 0.5) is 0 Å². The highest BCUT2D eigenvalue weighted by atomic mass is 79.9. The minimum absolute atomic E-state index is 0.000539. The molecule has 1 aromatic carbocycles. The van der Waals surface area contributed by atoms with Crippen LogP contribution in [0.1, 0.15) is 30.4 Å². The lowest BCUT2D eigenvalue weighted by molar-refractivity contribution is -0.0875. The van der Waals surface area contributed by atoms with E-state index in [-0.39, 0.29) is 12.0 Å². The van der Waals surface area contributed by atoms with Crippen LogP contribution in [0.2, 0.25) is 5.02 Å². The van der Waals surface area contributed by atoms with Crippen molar-refractivity contribution in [3.8, 4) is 5.75 Å². The number of hydrogen-bond acceptors (Lipinski definition) is 6. The number of nitrogens with zero attached hydrogens (tertiary/aromatic N) is 2. The van der Waals surface area contributed by atoms with Gasteiger partial charge in [0.15, 0.2) is 5.17 Å². The van der Waals surface area contributed by atoms with E-state index in [1.165, 1.54) is 0 Å². The van der Waals surface area contributed by atoms with Crippen molar-refractivity contribution in [2.45, 2.75) is 36.5 Å². The van der Waals surface area contributed by atoms with Crippen molar-refractivity contribution < 1.29 is 9.84 Å². The Hall–Kier alpha value is -1.28. The van der Waals surface area contributed by atoms with E-state index in [1.807, 2.05) is 12.1 Å². The molecule has 5 rings (SSSR count). The van der Waals surface area contributed by atoms with Crippen molar-refractivity contribution in [1.82, 2.24) is 4.98 Å². The highest BCUT2D eigenvalue weighted by molar-refractivity contribution is 9.10. The van der Waals surface area contributed by atoms with Gasteiger partial charge in [0.2, 0.25) is 0 Å². The molecule has 1 fully saturated rings. The Bertz CT molecular complexity index is 990. The zero-order chi connectivity index (χ0) is 19.5. The molecule has 0 saturated heterocycles. The summed E-state index contributed by atoms with van der Waals surface area (Å²) in [5.74, 6) is 1.61. The van der Waals surface area contributed by atoms with Gasteiger partial charge in [0.05, 0.1) is 10.6 Å². The third-order valence-electron chi connectivity index (χ3n) is 6.14. The summed E-state index contributed by atoms with van der Waals surface area (Å²) in [6.45, 7) is 0. The quantitative estimate of drug-likeness (QED) is 0.639. The Labute approximate surface area is 180 Å². The van der Waals surface area contributed by atoms with Gasteiger partial charge in [-0.05, 0) is 43.5 Å². The predicted octanol–water partition coefficient (Wildman–Crippen LogP) is 4.20. The van der Waals surface area contributed by atoms with Crippen molar-refractivity contribution in [3.63, 3.8) is 0 Å². The van der Waals surface area contributed by atoms with Gasteiger partial charge >= 0.3 is 0 Å². The fourth-order valence-corrected chi connectivity index (χ4v) is 6.37. The first-order valence-electron chi connectivity index (χ1n) is 9.18. The molecule has 3 heterocycles. The highest BCUT2D eigenvalue weighted by Crippen LogP contribution is 2.57. The standard InChI is InChI=1S/C20H19BrClN3O2S/c21-12-1-2-16-14(6-12)20(10-28-18(23)25-20)15-7-19(26,4-3-17(15)27-16)11-5-13(22)9-24-8-11/h1-2,5-6,8-9,15,17,26H,3-4,7,10H2,(H2,23,25)/t15?,17?,19?,20-/m1/s1. The van der Waals surface area contributed by atoms with E-state index in [1.54, 1.807) is 30.2 Å². The van der Waals surface area contributed by atoms with E-state index in [9.17, 15) is 5.11 Å². The average Bonchev–Trinajstić information content (AvgIpc) is 3.06. The Morgan fingerprint density at radius 3 is 2.93 bits per heavy atom. The number of benzene rings is 1. The van der Waals surface area contributed by atoms with Crippen LogP contribution in [-0.2, 0) is 11.1 Å². The monoisotopic (exact) mass is 479 g/mol. The minimum Gasteiger partial charge on any atom is -0.490 e. The Morgan fingerprint density at radius 2 is 2.18 bits per heavy atom. The van der Waals surface area contributed by atoms with E-state index < -0.39 is 11.1 Å². The molecule has 2 aromatic rings. The number of aliphatic hydroxyl groups is 1. The molecule has 4 atom stereocenters.